The van der Waals surface area contributed by atoms with Crippen molar-refractivity contribution in [2.75, 3.05) is 31.6 Å². The van der Waals surface area contributed by atoms with Gasteiger partial charge in [0.15, 0.2) is 0 Å². The molecule has 0 radical (unpaired) electrons. The lowest BCUT2D eigenvalue weighted by Crippen LogP contribution is -2.43. The highest BCUT2D eigenvalue weighted by molar-refractivity contribution is 5.77. The summed E-state index contributed by atoms with van der Waals surface area (Å²) in [6.07, 6.45) is 4.11. The molecule has 1 aromatic carbocycles. The molecule has 2 rings (SSSR count). The fourth-order valence-corrected chi connectivity index (χ4v) is 2.74. The molecular formula is C18H28N2O2. The van der Waals surface area contributed by atoms with Crippen molar-refractivity contribution in [3.8, 4) is 0 Å². The van der Waals surface area contributed by atoms with Gasteiger partial charge < -0.3 is 15.0 Å². The molecule has 1 N–H and O–H groups in total. The van der Waals surface area contributed by atoms with Gasteiger partial charge in [-0.2, -0.15) is 0 Å². The van der Waals surface area contributed by atoms with E-state index in [9.17, 15) is 4.79 Å². The van der Waals surface area contributed by atoms with Crippen LogP contribution in [0.15, 0.2) is 24.3 Å². The van der Waals surface area contributed by atoms with Gasteiger partial charge in [0.1, 0.15) is 6.61 Å². The van der Waals surface area contributed by atoms with Crippen LogP contribution in [0.5, 0.6) is 0 Å². The van der Waals surface area contributed by atoms with Gasteiger partial charge in [-0.3, -0.25) is 4.79 Å². The van der Waals surface area contributed by atoms with Crippen LogP contribution in [0.4, 0.5) is 5.69 Å². The van der Waals surface area contributed by atoms with Gasteiger partial charge in [0.2, 0.25) is 5.91 Å². The topological polar surface area (TPSA) is 41.6 Å². The van der Waals surface area contributed by atoms with E-state index in [0.717, 1.165) is 38.8 Å². The molecule has 1 heterocycles. The summed E-state index contributed by atoms with van der Waals surface area (Å²) in [5.41, 5.74) is 2.44. The fraction of sp³-hybridized carbons (Fsp3) is 0.611. The molecule has 0 bridgehead atoms. The second-order valence-electron chi connectivity index (χ2n) is 6.08. The van der Waals surface area contributed by atoms with Crippen LogP contribution >= 0.6 is 0 Å². The first-order valence-electron chi connectivity index (χ1n) is 8.37. The molecule has 0 aromatic heterocycles. The van der Waals surface area contributed by atoms with E-state index < -0.39 is 0 Å². The van der Waals surface area contributed by atoms with Crippen LogP contribution in [0.1, 0.15) is 38.2 Å². The van der Waals surface area contributed by atoms with Crippen LogP contribution in [0, 0.1) is 6.92 Å². The Bertz CT molecular complexity index is 468. The molecule has 0 spiro atoms. The number of piperidine rings is 1. The average molecular weight is 304 g/mol. The first kappa shape index (κ1) is 16.8. The molecule has 4 heteroatoms. The molecule has 0 aliphatic carbocycles. The van der Waals surface area contributed by atoms with E-state index in [1.165, 1.54) is 11.3 Å². The third-order valence-corrected chi connectivity index (χ3v) is 4.10. The zero-order valence-corrected chi connectivity index (χ0v) is 13.8. The van der Waals surface area contributed by atoms with Gasteiger partial charge in [-0.15, -0.1) is 0 Å². The number of nitrogens with zero attached hydrogens (tertiary/aromatic N) is 1. The van der Waals surface area contributed by atoms with Crippen molar-refractivity contribution in [3.05, 3.63) is 29.8 Å². The first-order valence-corrected chi connectivity index (χ1v) is 8.37. The highest BCUT2D eigenvalue weighted by Gasteiger charge is 2.22. The molecule has 0 atom stereocenters. The summed E-state index contributed by atoms with van der Waals surface area (Å²) in [6.45, 7) is 6.78. The van der Waals surface area contributed by atoms with Gasteiger partial charge in [-0.1, -0.05) is 25.5 Å². The second-order valence-corrected chi connectivity index (χ2v) is 6.08. The van der Waals surface area contributed by atoms with E-state index >= 15 is 0 Å². The summed E-state index contributed by atoms with van der Waals surface area (Å²) in [6, 6.07) is 8.90. The van der Waals surface area contributed by atoms with Crippen LogP contribution in [-0.2, 0) is 9.53 Å². The lowest BCUT2D eigenvalue weighted by Gasteiger charge is -2.33. The molecule has 4 nitrogen and oxygen atoms in total. The number of hydrogen-bond donors (Lipinski definition) is 1. The Labute approximate surface area is 133 Å². The van der Waals surface area contributed by atoms with E-state index in [1.54, 1.807) is 0 Å². The minimum atomic E-state index is 0.130. The molecule has 1 aromatic rings. The number of carbonyl (C=O) groups is 1. The summed E-state index contributed by atoms with van der Waals surface area (Å²) >= 11 is 0. The number of unbranched alkanes of at least 4 members (excludes halogenated alkanes) is 1. The van der Waals surface area contributed by atoms with Crippen LogP contribution in [0.3, 0.4) is 0 Å². The van der Waals surface area contributed by atoms with Crippen LogP contribution in [0.2, 0.25) is 0 Å². The molecule has 1 amide bonds. The van der Waals surface area contributed by atoms with Crippen molar-refractivity contribution in [2.45, 2.75) is 45.6 Å². The average Bonchev–Trinajstić information content (AvgIpc) is 2.52. The van der Waals surface area contributed by atoms with Gasteiger partial charge in [0, 0.05) is 31.4 Å². The van der Waals surface area contributed by atoms with Gasteiger partial charge >= 0.3 is 0 Å². The van der Waals surface area contributed by atoms with Crippen molar-refractivity contribution in [1.29, 1.82) is 0 Å². The van der Waals surface area contributed by atoms with E-state index in [0.29, 0.717) is 12.6 Å². The number of ether oxygens (including phenoxy) is 1. The monoisotopic (exact) mass is 304 g/mol. The van der Waals surface area contributed by atoms with Gasteiger partial charge in [-0.05, 0) is 43.9 Å². The Hall–Kier alpha value is -1.55. The predicted molar refractivity (Wildman–Crippen MR) is 90.1 cm³/mol. The van der Waals surface area contributed by atoms with E-state index in [-0.39, 0.29) is 12.5 Å². The maximum Gasteiger partial charge on any atom is 0.248 e. The Balaban J connectivity index is 1.70. The van der Waals surface area contributed by atoms with Crippen LogP contribution in [0.25, 0.3) is 0 Å². The van der Waals surface area contributed by atoms with Crippen LogP contribution in [-0.4, -0.2) is 43.2 Å². The quantitative estimate of drug-likeness (QED) is 0.786. The highest BCUT2D eigenvalue weighted by atomic mass is 16.5. The third kappa shape index (κ3) is 5.34. The zero-order valence-electron chi connectivity index (χ0n) is 13.8. The molecule has 1 fully saturated rings. The maximum absolute atomic E-state index is 12.1. The molecule has 0 unspecified atom stereocenters. The largest absolute Gasteiger partial charge is 0.382 e. The van der Waals surface area contributed by atoms with Gasteiger partial charge in [-0.25, -0.2) is 0 Å². The normalized spacial score (nSPS) is 15.8. The predicted octanol–water partition coefficient (Wildman–Crippen LogP) is 3.21. The molecule has 122 valence electrons. The second kappa shape index (κ2) is 8.79. The number of benzene rings is 1. The minimum Gasteiger partial charge on any atom is -0.382 e. The number of carbonyl (C=O) groups excluding carboxylic acids is 1. The Morgan fingerprint density at radius 3 is 2.82 bits per heavy atom. The first-order chi connectivity index (χ1) is 10.7. The standard InChI is InChI=1S/C18H28N2O2/c1-3-4-12-22-14-18(21)20-10-8-16(9-11-20)19-17-7-5-6-15(2)13-17/h5-7,13,16,19H,3-4,8-12,14H2,1-2H3. The molecule has 1 aliphatic rings. The molecule has 1 aliphatic heterocycles. The minimum absolute atomic E-state index is 0.130. The van der Waals surface area contributed by atoms with E-state index in [1.807, 2.05) is 4.90 Å². The Morgan fingerprint density at radius 1 is 1.36 bits per heavy atom. The number of amides is 1. The number of aryl methyl sites for hydroxylation is 1. The highest BCUT2D eigenvalue weighted by Crippen LogP contribution is 2.17. The Kier molecular flexibility index (Phi) is 6.72. The number of nitrogens with one attached hydrogen (secondary N) is 1. The number of hydrogen-bond acceptors (Lipinski definition) is 3. The summed E-state index contributed by atoms with van der Waals surface area (Å²) in [4.78, 5) is 14.0. The van der Waals surface area contributed by atoms with Gasteiger partial charge in [0.25, 0.3) is 0 Å². The van der Waals surface area contributed by atoms with Crippen molar-refractivity contribution in [2.24, 2.45) is 0 Å². The third-order valence-electron chi connectivity index (χ3n) is 4.10. The summed E-state index contributed by atoms with van der Waals surface area (Å²) < 4.78 is 5.42. The molecule has 22 heavy (non-hydrogen) atoms. The van der Waals surface area contributed by atoms with Crippen molar-refractivity contribution in [3.63, 3.8) is 0 Å². The van der Waals surface area contributed by atoms with E-state index in [4.69, 9.17) is 4.74 Å². The van der Waals surface area contributed by atoms with E-state index in [2.05, 4.69) is 43.4 Å². The molecule has 1 saturated heterocycles. The molecular weight excluding hydrogens is 276 g/mol. The van der Waals surface area contributed by atoms with Crippen molar-refractivity contribution < 1.29 is 9.53 Å². The summed E-state index contributed by atoms with van der Waals surface area (Å²) in [7, 11) is 0. The lowest BCUT2D eigenvalue weighted by atomic mass is 10.0. The number of rotatable bonds is 7. The Morgan fingerprint density at radius 2 is 2.14 bits per heavy atom. The maximum atomic E-state index is 12.1. The lowest BCUT2D eigenvalue weighted by molar-refractivity contribution is -0.137. The van der Waals surface area contributed by atoms with Crippen LogP contribution < -0.4 is 5.32 Å². The zero-order chi connectivity index (χ0) is 15.8. The number of anilines is 1. The summed E-state index contributed by atoms with van der Waals surface area (Å²) in [5, 5.41) is 3.57. The fourth-order valence-electron chi connectivity index (χ4n) is 2.74. The van der Waals surface area contributed by atoms with Crippen molar-refractivity contribution in [1.82, 2.24) is 4.90 Å². The number of likely N-dealkylation sites (tertiary alicyclic amines) is 1. The SMILES string of the molecule is CCCCOCC(=O)N1CCC(Nc2cccc(C)c2)CC1. The summed E-state index contributed by atoms with van der Waals surface area (Å²) in [5.74, 6) is 0.130. The van der Waals surface area contributed by atoms with Crippen molar-refractivity contribution >= 4 is 11.6 Å². The smallest absolute Gasteiger partial charge is 0.248 e. The molecule has 0 saturated carbocycles. The van der Waals surface area contributed by atoms with Gasteiger partial charge in [0.05, 0.1) is 0 Å².